The maximum absolute atomic E-state index is 12.1. The number of nitrogens with zero attached hydrogens (tertiary/aromatic N) is 1. The van der Waals surface area contributed by atoms with Crippen molar-refractivity contribution in [3.63, 3.8) is 0 Å². The molecular weight excluding hydrogens is 306 g/mol. The summed E-state index contributed by atoms with van der Waals surface area (Å²) in [5.41, 5.74) is 0.349. The van der Waals surface area contributed by atoms with Gasteiger partial charge < -0.3 is 14.3 Å². The number of rotatable bonds is 5. The molecule has 2 aromatic rings. The monoisotopic (exact) mass is 317 g/mol. The van der Waals surface area contributed by atoms with E-state index < -0.39 is 5.78 Å². The molecule has 22 heavy (non-hydrogen) atoms. The van der Waals surface area contributed by atoms with Gasteiger partial charge in [0, 0.05) is 0 Å². The molecule has 5 nitrogen and oxygen atoms in total. The van der Waals surface area contributed by atoms with E-state index in [1.807, 2.05) is 6.07 Å². The molecule has 1 aromatic carbocycles. The first-order valence-electron chi connectivity index (χ1n) is 6.42. The number of Topliss-reactive ketones (excluding diaryl/α,β-unsaturated/α-hetero) is 1. The highest BCUT2D eigenvalue weighted by Crippen LogP contribution is 2.35. The lowest BCUT2D eigenvalue weighted by molar-refractivity contribution is 0.101. The molecule has 0 amide bonds. The number of phenolic OH excluding ortho intramolecular Hbond substituents is 1. The van der Waals surface area contributed by atoms with Gasteiger partial charge in [0.2, 0.25) is 5.78 Å². The summed E-state index contributed by atoms with van der Waals surface area (Å²) in [4.78, 5) is 12.1. The van der Waals surface area contributed by atoms with E-state index in [0.29, 0.717) is 12.2 Å². The third-order valence-corrected chi connectivity index (χ3v) is 3.06. The van der Waals surface area contributed by atoms with Crippen LogP contribution in [0, 0.1) is 11.3 Å². The largest absolute Gasteiger partial charge is 0.503 e. The zero-order valence-corrected chi connectivity index (χ0v) is 12.4. The van der Waals surface area contributed by atoms with Crippen molar-refractivity contribution >= 4 is 23.5 Å². The first kappa shape index (κ1) is 15.7. The quantitative estimate of drug-likeness (QED) is 0.515. The molecule has 0 bridgehead atoms. The normalized spacial score (nSPS) is 11.0. The predicted molar refractivity (Wildman–Crippen MR) is 80.9 cm³/mol. The van der Waals surface area contributed by atoms with Gasteiger partial charge in [-0.25, -0.2) is 0 Å². The van der Waals surface area contributed by atoms with Crippen molar-refractivity contribution in [2.24, 2.45) is 0 Å². The van der Waals surface area contributed by atoms with Crippen molar-refractivity contribution in [1.82, 2.24) is 0 Å². The van der Waals surface area contributed by atoms with Gasteiger partial charge in [-0.3, -0.25) is 4.79 Å². The number of allylic oxidation sites excluding steroid dienone is 1. The molecule has 0 radical (unpaired) electrons. The van der Waals surface area contributed by atoms with Crippen LogP contribution in [0.15, 0.2) is 40.5 Å². The Morgan fingerprint density at radius 1 is 1.55 bits per heavy atom. The van der Waals surface area contributed by atoms with E-state index in [4.69, 9.17) is 26.0 Å². The summed E-state index contributed by atoms with van der Waals surface area (Å²) >= 11 is 5.91. The molecule has 0 saturated heterocycles. The minimum absolute atomic E-state index is 0.0694. The number of ketones is 1. The van der Waals surface area contributed by atoms with Gasteiger partial charge in [-0.1, -0.05) is 11.6 Å². The molecule has 0 aliphatic rings. The van der Waals surface area contributed by atoms with Crippen LogP contribution in [0.3, 0.4) is 0 Å². The molecule has 2 rings (SSSR count). The van der Waals surface area contributed by atoms with Crippen molar-refractivity contribution in [3.8, 4) is 17.6 Å². The van der Waals surface area contributed by atoms with E-state index in [-0.39, 0.29) is 27.9 Å². The van der Waals surface area contributed by atoms with Gasteiger partial charge in [0.25, 0.3) is 0 Å². The highest BCUT2D eigenvalue weighted by molar-refractivity contribution is 6.32. The number of carbonyl (C=O) groups excluding carboxylic acids is 1. The predicted octanol–water partition coefficient (Wildman–Crippen LogP) is 3.83. The van der Waals surface area contributed by atoms with Gasteiger partial charge >= 0.3 is 0 Å². The van der Waals surface area contributed by atoms with Gasteiger partial charge in [0.1, 0.15) is 11.6 Å². The third-order valence-electron chi connectivity index (χ3n) is 2.77. The third kappa shape index (κ3) is 3.30. The number of benzene rings is 1. The Morgan fingerprint density at radius 3 is 2.91 bits per heavy atom. The van der Waals surface area contributed by atoms with Crippen molar-refractivity contribution in [3.05, 3.63) is 52.4 Å². The summed E-state index contributed by atoms with van der Waals surface area (Å²) in [5, 5.41) is 19.0. The topological polar surface area (TPSA) is 83.5 Å². The van der Waals surface area contributed by atoms with Gasteiger partial charge in [0.15, 0.2) is 17.3 Å². The summed E-state index contributed by atoms with van der Waals surface area (Å²) < 4.78 is 10.2. The second-order valence-corrected chi connectivity index (χ2v) is 4.67. The van der Waals surface area contributed by atoms with Gasteiger partial charge in [-0.2, -0.15) is 5.26 Å². The lowest BCUT2D eigenvalue weighted by atomic mass is 10.1. The molecule has 0 aliphatic carbocycles. The van der Waals surface area contributed by atoms with Gasteiger partial charge in [-0.05, 0) is 42.8 Å². The fraction of sp³-hybridized carbons (Fsp3) is 0.125. The van der Waals surface area contributed by atoms with Gasteiger partial charge in [-0.15, -0.1) is 0 Å². The standard InChI is InChI=1S/C16H12ClNO4/c1-2-21-14-8-10(7-12(17)16(14)20)6-11(9-18)15(19)13-4-3-5-22-13/h3-8,20H,2H2,1H3/b11-6+. The second kappa shape index (κ2) is 6.83. The smallest absolute Gasteiger partial charge is 0.238 e. The summed E-state index contributed by atoms with van der Waals surface area (Å²) in [6, 6.07) is 7.80. The summed E-state index contributed by atoms with van der Waals surface area (Å²) in [6.45, 7) is 2.10. The number of nitriles is 1. The number of carbonyl (C=O) groups is 1. The minimum Gasteiger partial charge on any atom is -0.503 e. The van der Waals surface area contributed by atoms with Crippen LogP contribution in [0.25, 0.3) is 6.08 Å². The number of halogens is 1. The van der Waals surface area contributed by atoms with Crippen LogP contribution in [0.1, 0.15) is 23.0 Å². The number of aromatic hydroxyl groups is 1. The first-order chi connectivity index (χ1) is 10.6. The molecule has 0 saturated carbocycles. The zero-order valence-electron chi connectivity index (χ0n) is 11.7. The van der Waals surface area contributed by atoms with Crippen LogP contribution in [-0.2, 0) is 0 Å². The Kier molecular flexibility index (Phi) is 4.87. The molecule has 0 unspecified atom stereocenters. The highest BCUT2D eigenvalue weighted by atomic mass is 35.5. The van der Waals surface area contributed by atoms with Crippen molar-refractivity contribution in [1.29, 1.82) is 5.26 Å². The number of phenols is 1. The van der Waals surface area contributed by atoms with E-state index in [2.05, 4.69) is 0 Å². The van der Waals surface area contributed by atoms with E-state index in [1.165, 1.54) is 30.5 Å². The van der Waals surface area contributed by atoms with Crippen molar-refractivity contribution < 1.29 is 19.1 Å². The van der Waals surface area contributed by atoms with Crippen LogP contribution in [0.4, 0.5) is 0 Å². The first-order valence-corrected chi connectivity index (χ1v) is 6.80. The van der Waals surface area contributed by atoms with Crippen molar-refractivity contribution in [2.45, 2.75) is 6.92 Å². The van der Waals surface area contributed by atoms with E-state index in [0.717, 1.165) is 0 Å². The second-order valence-electron chi connectivity index (χ2n) is 4.26. The molecule has 0 aliphatic heterocycles. The van der Waals surface area contributed by atoms with Crippen LogP contribution in [0.5, 0.6) is 11.5 Å². The van der Waals surface area contributed by atoms with E-state index >= 15 is 0 Å². The molecule has 112 valence electrons. The number of hydrogen-bond donors (Lipinski definition) is 1. The molecular formula is C16H12ClNO4. The zero-order chi connectivity index (χ0) is 16.1. The number of hydrogen-bond acceptors (Lipinski definition) is 5. The molecule has 0 fully saturated rings. The van der Waals surface area contributed by atoms with Crippen LogP contribution < -0.4 is 4.74 Å². The number of furan rings is 1. The fourth-order valence-electron chi connectivity index (χ4n) is 1.80. The lowest BCUT2D eigenvalue weighted by Gasteiger charge is -2.08. The Hall–Kier alpha value is -2.71. The fourth-order valence-corrected chi connectivity index (χ4v) is 2.02. The van der Waals surface area contributed by atoms with Crippen LogP contribution in [-0.4, -0.2) is 17.5 Å². The average molecular weight is 318 g/mol. The van der Waals surface area contributed by atoms with Crippen molar-refractivity contribution in [2.75, 3.05) is 6.61 Å². The lowest BCUT2D eigenvalue weighted by Crippen LogP contribution is -2.00. The maximum atomic E-state index is 12.1. The summed E-state index contributed by atoms with van der Waals surface area (Å²) in [5.74, 6) is -0.460. The van der Waals surface area contributed by atoms with Gasteiger partial charge in [0.05, 0.1) is 17.9 Å². The molecule has 1 aromatic heterocycles. The highest BCUT2D eigenvalue weighted by Gasteiger charge is 2.16. The number of ether oxygens (including phenoxy) is 1. The average Bonchev–Trinajstić information content (AvgIpc) is 3.03. The van der Waals surface area contributed by atoms with E-state index in [9.17, 15) is 9.90 Å². The Bertz CT molecular complexity index is 757. The minimum atomic E-state index is -0.533. The Balaban J connectivity index is 2.42. The van der Waals surface area contributed by atoms with Crippen LogP contribution >= 0.6 is 11.6 Å². The van der Waals surface area contributed by atoms with E-state index in [1.54, 1.807) is 13.0 Å². The SMILES string of the molecule is CCOc1cc(/C=C(\C#N)C(=O)c2ccco2)cc(Cl)c1O. The summed E-state index contributed by atoms with van der Waals surface area (Å²) in [6.07, 6.45) is 2.71. The Morgan fingerprint density at radius 2 is 2.32 bits per heavy atom. The molecule has 0 atom stereocenters. The van der Waals surface area contributed by atoms with Crippen LogP contribution in [0.2, 0.25) is 5.02 Å². The maximum Gasteiger partial charge on any atom is 0.238 e. The molecule has 6 heteroatoms. The molecule has 1 N–H and O–H groups in total. The molecule has 1 heterocycles. The summed E-state index contributed by atoms with van der Waals surface area (Å²) in [7, 11) is 0. The molecule has 0 spiro atoms. The Labute approximate surface area is 132 Å².